The number of carbonyl (C=O) groups is 1. The van der Waals surface area contributed by atoms with Crippen molar-refractivity contribution in [2.45, 2.75) is 33.2 Å². The van der Waals surface area contributed by atoms with Gasteiger partial charge in [-0.05, 0) is 31.4 Å². The monoisotopic (exact) mass is 278 g/mol. The predicted octanol–water partition coefficient (Wildman–Crippen LogP) is 2.21. The van der Waals surface area contributed by atoms with Gasteiger partial charge in [0.15, 0.2) is 0 Å². The molecule has 20 heavy (non-hydrogen) atoms. The lowest BCUT2D eigenvalue weighted by Gasteiger charge is -2.15. The van der Waals surface area contributed by atoms with E-state index in [1.165, 1.54) is 0 Å². The first-order valence-corrected chi connectivity index (χ1v) is 7.28. The fourth-order valence-corrected chi connectivity index (χ4v) is 1.69. The van der Waals surface area contributed by atoms with Gasteiger partial charge in [0.25, 0.3) is 0 Å². The van der Waals surface area contributed by atoms with Gasteiger partial charge in [-0.25, -0.2) is 0 Å². The topological polar surface area (TPSA) is 50.4 Å². The Hall–Kier alpha value is -1.55. The first-order chi connectivity index (χ1) is 9.59. The van der Waals surface area contributed by atoms with Crippen molar-refractivity contribution in [3.05, 3.63) is 30.3 Å². The fourth-order valence-electron chi connectivity index (χ4n) is 1.69. The van der Waals surface area contributed by atoms with E-state index >= 15 is 0 Å². The molecule has 0 radical (unpaired) electrons. The van der Waals surface area contributed by atoms with Crippen LogP contribution in [0.1, 0.15) is 27.2 Å². The van der Waals surface area contributed by atoms with Gasteiger partial charge in [0.1, 0.15) is 12.4 Å². The Morgan fingerprint density at radius 1 is 1.15 bits per heavy atom. The molecule has 4 heteroatoms. The lowest BCUT2D eigenvalue weighted by Crippen LogP contribution is -2.43. The molecule has 0 heterocycles. The summed E-state index contributed by atoms with van der Waals surface area (Å²) >= 11 is 0. The Labute approximate surface area is 121 Å². The molecule has 0 bridgehead atoms. The molecule has 1 aromatic carbocycles. The molecule has 0 aliphatic rings. The van der Waals surface area contributed by atoms with Gasteiger partial charge in [0.2, 0.25) is 5.91 Å². The summed E-state index contributed by atoms with van der Waals surface area (Å²) in [6.07, 6.45) is 1.01. The quantitative estimate of drug-likeness (QED) is 0.681. The molecular formula is C16H26N2O2. The second-order valence-corrected chi connectivity index (χ2v) is 5.31. The molecule has 0 fully saturated rings. The average Bonchev–Trinajstić information content (AvgIpc) is 2.44. The van der Waals surface area contributed by atoms with E-state index in [-0.39, 0.29) is 11.9 Å². The molecule has 0 saturated carbocycles. The number of nitrogens with one attached hydrogen (secondary N) is 2. The Bertz CT molecular complexity index is 379. The smallest absolute Gasteiger partial charge is 0.236 e. The van der Waals surface area contributed by atoms with Gasteiger partial charge < -0.3 is 15.4 Å². The number of rotatable bonds is 9. The lowest BCUT2D eigenvalue weighted by molar-refractivity contribution is -0.122. The summed E-state index contributed by atoms with van der Waals surface area (Å²) in [6, 6.07) is 9.47. The normalized spacial score (nSPS) is 12.2. The third-order valence-electron chi connectivity index (χ3n) is 2.98. The Kier molecular flexibility index (Phi) is 7.73. The highest BCUT2D eigenvalue weighted by molar-refractivity contribution is 5.81. The van der Waals surface area contributed by atoms with Crippen molar-refractivity contribution < 1.29 is 9.53 Å². The summed E-state index contributed by atoms with van der Waals surface area (Å²) in [6.45, 7) is 8.10. The van der Waals surface area contributed by atoms with Crippen molar-refractivity contribution in [2.24, 2.45) is 5.92 Å². The zero-order valence-corrected chi connectivity index (χ0v) is 12.7. The van der Waals surface area contributed by atoms with Crippen LogP contribution in [-0.2, 0) is 4.79 Å². The second-order valence-electron chi connectivity index (χ2n) is 5.31. The lowest BCUT2D eigenvalue weighted by atomic mass is 10.1. The maximum Gasteiger partial charge on any atom is 0.236 e. The van der Waals surface area contributed by atoms with E-state index in [1.807, 2.05) is 37.3 Å². The number of carbonyl (C=O) groups excluding carboxylic acids is 1. The van der Waals surface area contributed by atoms with Gasteiger partial charge in [-0.1, -0.05) is 32.0 Å². The van der Waals surface area contributed by atoms with Gasteiger partial charge >= 0.3 is 0 Å². The molecule has 4 nitrogen and oxygen atoms in total. The van der Waals surface area contributed by atoms with Crippen LogP contribution in [-0.4, -0.2) is 31.6 Å². The number of amides is 1. The van der Waals surface area contributed by atoms with Crippen LogP contribution in [0.2, 0.25) is 0 Å². The summed E-state index contributed by atoms with van der Waals surface area (Å²) in [4.78, 5) is 11.8. The minimum atomic E-state index is -0.193. The molecule has 1 aromatic rings. The van der Waals surface area contributed by atoms with Crippen LogP contribution < -0.4 is 15.4 Å². The molecular weight excluding hydrogens is 252 g/mol. The summed E-state index contributed by atoms with van der Waals surface area (Å²) in [5.41, 5.74) is 0. The van der Waals surface area contributed by atoms with E-state index in [2.05, 4.69) is 24.5 Å². The molecule has 0 aromatic heterocycles. The largest absolute Gasteiger partial charge is 0.492 e. The second kappa shape index (κ2) is 9.37. The fraction of sp³-hybridized carbons (Fsp3) is 0.562. The van der Waals surface area contributed by atoms with Crippen molar-refractivity contribution >= 4 is 5.91 Å². The van der Waals surface area contributed by atoms with E-state index in [1.54, 1.807) is 0 Å². The molecule has 1 amide bonds. The van der Waals surface area contributed by atoms with Crippen molar-refractivity contribution in [3.8, 4) is 5.75 Å². The third kappa shape index (κ3) is 7.14. The maximum absolute atomic E-state index is 11.8. The summed E-state index contributed by atoms with van der Waals surface area (Å²) in [5, 5.41) is 6.08. The van der Waals surface area contributed by atoms with E-state index < -0.39 is 0 Å². The van der Waals surface area contributed by atoms with Crippen LogP contribution >= 0.6 is 0 Å². The molecule has 1 unspecified atom stereocenters. The first kappa shape index (κ1) is 16.5. The molecule has 0 aliphatic carbocycles. The third-order valence-corrected chi connectivity index (χ3v) is 2.98. The number of ether oxygens (including phenoxy) is 1. The number of hydrogen-bond donors (Lipinski definition) is 2. The van der Waals surface area contributed by atoms with Crippen LogP contribution in [0.15, 0.2) is 30.3 Å². The highest BCUT2D eigenvalue weighted by Gasteiger charge is 2.11. The number of benzene rings is 1. The highest BCUT2D eigenvalue weighted by atomic mass is 16.5. The van der Waals surface area contributed by atoms with Crippen molar-refractivity contribution in [3.63, 3.8) is 0 Å². The maximum atomic E-state index is 11.8. The molecule has 0 aliphatic heterocycles. The van der Waals surface area contributed by atoms with Gasteiger partial charge in [-0.15, -0.1) is 0 Å². The van der Waals surface area contributed by atoms with Crippen LogP contribution in [0.5, 0.6) is 5.75 Å². The zero-order valence-electron chi connectivity index (χ0n) is 12.7. The van der Waals surface area contributed by atoms with Crippen molar-refractivity contribution in [1.82, 2.24) is 10.6 Å². The molecule has 2 N–H and O–H groups in total. The minimum absolute atomic E-state index is 0.0466. The minimum Gasteiger partial charge on any atom is -0.492 e. The number of hydrogen-bond acceptors (Lipinski definition) is 3. The van der Waals surface area contributed by atoms with Gasteiger partial charge in [0.05, 0.1) is 6.04 Å². The van der Waals surface area contributed by atoms with Crippen LogP contribution in [0, 0.1) is 5.92 Å². The molecule has 0 saturated heterocycles. The SMILES string of the molecule is CC(C)CCNC(=O)C(C)NCCOc1ccccc1. The molecule has 1 atom stereocenters. The van der Waals surface area contributed by atoms with E-state index in [0.717, 1.165) is 18.7 Å². The Morgan fingerprint density at radius 3 is 2.50 bits per heavy atom. The van der Waals surface area contributed by atoms with Crippen LogP contribution in [0.3, 0.4) is 0 Å². The van der Waals surface area contributed by atoms with Crippen LogP contribution in [0.4, 0.5) is 0 Å². The van der Waals surface area contributed by atoms with E-state index in [9.17, 15) is 4.79 Å². The van der Waals surface area contributed by atoms with Gasteiger partial charge in [-0.2, -0.15) is 0 Å². The Balaban J connectivity index is 2.10. The summed E-state index contributed by atoms with van der Waals surface area (Å²) in [7, 11) is 0. The van der Waals surface area contributed by atoms with Crippen molar-refractivity contribution in [1.29, 1.82) is 0 Å². The Morgan fingerprint density at radius 2 is 1.85 bits per heavy atom. The van der Waals surface area contributed by atoms with Gasteiger partial charge in [-0.3, -0.25) is 4.79 Å². The summed E-state index contributed by atoms with van der Waals surface area (Å²) in [5.74, 6) is 1.51. The predicted molar refractivity (Wildman–Crippen MR) is 81.9 cm³/mol. The summed E-state index contributed by atoms with van der Waals surface area (Å²) < 4.78 is 5.55. The molecule has 0 spiro atoms. The average molecular weight is 278 g/mol. The zero-order chi connectivity index (χ0) is 14.8. The standard InChI is InChI=1S/C16H26N2O2/c1-13(2)9-10-18-16(19)14(3)17-11-12-20-15-7-5-4-6-8-15/h4-8,13-14,17H,9-12H2,1-3H3,(H,18,19). The number of para-hydroxylation sites is 1. The van der Waals surface area contributed by atoms with Crippen molar-refractivity contribution in [2.75, 3.05) is 19.7 Å². The van der Waals surface area contributed by atoms with E-state index in [0.29, 0.717) is 19.1 Å². The van der Waals surface area contributed by atoms with Gasteiger partial charge in [0, 0.05) is 13.1 Å². The first-order valence-electron chi connectivity index (χ1n) is 7.28. The van der Waals surface area contributed by atoms with E-state index in [4.69, 9.17) is 4.74 Å². The highest BCUT2D eigenvalue weighted by Crippen LogP contribution is 2.07. The van der Waals surface area contributed by atoms with Crippen LogP contribution in [0.25, 0.3) is 0 Å². The molecule has 112 valence electrons. The molecule has 1 rings (SSSR count).